The first-order valence-corrected chi connectivity index (χ1v) is 7.78. The van der Waals surface area contributed by atoms with Crippen molar-refractivity contribution in [1.82, 2.24) is 0 Å². The summed E-state index contributed by atoms with van der Waals surface area (Å²) in [6.07, 6.45) is 6.63. The summed E-state index contributed by atoms with van der Waals surface area (Å²) in [5.74, 6) is 0.825. The number of unbranched alkanes of at least 4 members (excludes halogenated alkanes) is 4. The first-order chi connectivity index (χ1) is 8.63. The van der Waals surface area contributed by atoms with Crippen LogP contribution in [0.4, 0.5) is 0 Å². The van der Waals surface area contributed by atoms with Crippen molar-refractivity contribution in [2.75, 3.05) is 5.75 Å². The summed E-state index contributed by atoms with van der Waals surface area (Å²) < 4.78 is 16.7. The monoisotopic (exact) mass is 272 g/mol. The Morgan fingerprint density at radius 2 is 2.00 bits per heavy atom. The van der Waals surface area contributed by atoms with Crippen LogP contribution in [0.1, 0.15) is 44.8 Å². The minimum absolute atomic E-state index is 0.239. The van der Waals surface area contributed by atoms with E-state index in [4.69, 9.17) is 9.52 Å². The van der Waals surface area contributed by atoms with Gasteiger partial charge in [-0.15, -0.1) is 0 Å². The zero-order valence-electron chi connectivity index (χ0n) is 10.7. The number of hydrogen-bond acceptors (Lipinski definition) is 4. The molecule has 0 spiro atoms. The van der Waals surface area contributed by atoms with Gasteiger partial charge in [-0.25, -0.2) is 0 Å². The lowest BCUT2D eigenvalue weighted by molar-refractivity contribution is 0.418. The highest BCUT2D eigenvalue weighted by Gasteiger charge is 2.06. The van der Waals surface area contributed by atoms with Crippen LogP contribution in [0.5, 0.6) is 5.75 Å². The standard InChI is InChI=1S/C13H20O4S/c1-2-3-4-5-6-7-18(16)10-11-8-12(14)13(15)9-17-11/h8-9,15H,2-7,10H2,1H3. The molecule has 1 heterocycles. The van der Waals surface area contributed by atoms with Crippen molar-refractivity contribution in [3.05, 3.63) is 28.3 Å². The third-order valence-corrected chi connectivity index (χ3v) is 4.00. The Balaban J connectivity index is 2.31. The van der Waals surface area contributed by atoms with E-state index in [1.54, 1.807) is 0 Å². The lowest BCUT2D eigenvalue weighted by Crippen LogP contribution is -2.05. The van der Waals surface area contributed by atoms with E-state index in [1.165, 1.54) is 25.3 Å². The molecule has 0 amide bonds. The lowest BCUT2D eigenvalue weighted by Gasteiger charge is -2.02. The molecule has 0 fully saturated rings. The molecule has 0 radical (unpaired) electrons. The summed E-state index contributed by atoms with van der Waals surface area (Å²) in [4.78, 5) is 11.1. The van der Waals surface area contributed by atoms with Gasteiger partial charge in [0.2, 0.25) is 5.43 Å². The van der Waals surface area contributed by atoms with Gasteiger partial charge in [0.05, 0.1) is 5.75 Å². The molecule has 4 nitrogen and oxygen atoms in total. The minimum atomic E-state index is -1.01. The second kappa shape index (κ2) is 8.08. The maximum Gasteiger partial charge on any atom is 0.226 e. The number of aromatic hydroxyl groups is 1. The fourth-order valence-electron chi connectivity index (χ4n) is 1.62. The summed E-state index contributed by atoms with van der Waals surface area (Å²) in [7, 11) is -1.01. The SMILES string of the molecule is CCCCCCCS(=O)Cc1cc(=O)c(O)co1. The van der Waals surface area contributed by atoms with Crippen LogP contribution in [0.3, 0.4) is 0 Å². The molecule has 0 aliphatic heterocycles. The van der Waals surface area contributed by atoms with E-state index in [9.17, 15) is 9.00 Å². The van der Waals surface area contributed by atoms with E-state index in [0.717, 1.165) is 19.1 Å². The predicted octanol–water partition coefficient (Wildman–Crippen LogP) is 2.56. The first kappa shape index (κ1) is 15.0. The largest absolute Gasteiger partial charge is 0.502 e. The van der Waals surface area contributed by atoms with Gasteiger partial charge in [0, 0.05) is 22.6 Å². The van der Waals surface area contributed by atoms with Crippen molar-refractivity contribution in [2.24, 2.45) is 0 Å². The quantitative estimate of drug-likeness (QED) is 0.738. The van der Waals surface area contributed by atoms with Gasteiger partial charge in [0.1, 0.15) is 12.0 Å². The second-order valence-electron chi connectivity index (χ2n) is 4.30. The van der Waals surface area contributed by atoms with E-state index in [0.29, 0.717) is 11.5 Å². The van der Waals surface area contributed by atoms with Gasteiger partial charge in [-0.05, 0) is 6.42 Å². The van der Waals surface area contributed by atoms with Gasteiger partial charge in [-0.1, -0.05) is 32.6 Å². The van der Waals surface area contributed by atoms with Gasteiger partial charge < -0.3 is 9.52 Å². The van der Waals surface area contributed by atoms with Crippen LogP contribution in [0.15, 0.2) is 21.5 Å². The summed E-state index contributed by atoms with van der Waals surface area (Å²) >= 11 is 0. The van der Waals surface area contributed by atoms with E-state index < -0.39 is 22.0 Å². The van der Waals surface area contributed by atoms with Gasteiger partial charge in [0.25, 0.3) is 0 Å². The van der Waals surface area contributed by atoms with Crippen LogP contribution in [-0.4, -0.2) is 15.1 Å². The Bertz CT molecular complexity index is 439. The van der Waals surface area contributed by atoms with Crippen LogP contribution < -0.4 is 5.43 Å². The Morgan fingerprint density at radius 1 is 1.28 bits per heavy atom. The van der Waals surface area contributed by atoms with Crippen molar-refractivity contribution in [3.63, 3.8) is 0 Å². The van der Waals surface area contributed by atoms with Crippen LogP contribution in [0.25, 0.3) is 0 Å². The normalized spacial score (nSPS) is 12.5. The average Bonchev–Trinajstić information content (AvgIpc) is 2.34. The molecule has 1 rings (SSSR count). The molecular formula is C13H20O4S. The first-order valence-electron chi connectivity index (χ1n) is 6.29. The third kappa shape index (κ3) is 5.49. The molecule has 0 aliphatic rings. The summed E-state index contributed by atoms with van der Waals surface area (Å²) in [5, 5.41) is 9.02. The second-order valence-corrected chi connectivity index (χ2v) is 5.87. The Morgan fingerprint density at radius 3 is 2.67 bits per heavy atom. The fraction of sp³-hybridized carbons (Fsp3) is 0.615. The lowest BCUT2D eigenvalue weighted by atomic mass is 10.2. The topological polar surface area (TPSA) is 67.5 Å². The smallest absolute Gasteiger partial charge is 0.226 e. The van der Waals surface area contributed by atoms with Crippen molar-refractivity contribution in [1.29, 1.82) is 0 Å². The van der Waals surface area contributed by atoms with Crippen molar-refractivity contribution >= 4 is 10.8 Å². The van der Waals surface area contributed by atoms with E-state index in [2.05, 4.69) is 6.92 Å². The Hall–Kier alpha value is -1.10. The number of hydrogen-bond donors (Lipinski definition) is 1. The molecule has 1 aromatic rings. The molecule has 0 saturated heterocycles. The summed E-state index contributed by atoms with van der Waals surface area (Å²) in [6, 6.07) is 1.20. The number of rotatable bonds is 8. The van der Waals surface area contributed by atoms with Crippen LogP contribution in [0, 0.1) is 0 Å². The van der Waals surface area contributed by atoms with Gasteiger partial charge >= 0.3 is 0 Å². The maximum atomic E-state index is 11.7. The van der Waals surface area contributed by atoms with E-state index >= 15 is 0 Å². The average molecular weight is 272 g/mol. The third-order valence-electron chi connectivity index (χ3n) is 2.65. The maximum absolute atomic E-state index is 11.7. The van der Waals surface area contributed by atoms with Gasteiger partial charge in [-0.3, -0.25) is 9.00 Å². The molecule has 102 valence electrons. The molecule has 1 atom stereocenters. The van der Waals surface area contributed by atoms with Crippen molar-refractivity contribution in [3.8, 4) is 5.75 Å². The highest BCUT2D eigenvalue weighted by Crippen LogP contribution is 2.08. The van der Waals surface area contributed by atoms with E-state index in [1.807, 2.05) is 0 Å². The molecular weight excluding hydrogens is 252 g/mol. The fourth-order valence-corrected chi connectivity index (χ4v) is 2.76. The highest BCUT2D eigenvalue weighted by molar-refractivity contribution is 7.84. The van der Waals surface area contributed by atoms with Crippen LogP contribution in [0.2, 0.25) is 0 Å². The molecule has 1 aromatic heterocycles. The Labute approximate surface area is 109 Å². The molecule has 0 aliphatic carbocycles. The molecule has 5 heteroatoms. The van der Waals surface area contributed by atoms with Crippen molar-refractivity contribution < 1.29 is 13.7 Å². The summed E-state index contributed by atoms with van der Waals surface area (Å²) in [6.45, 7) is 2.16. The van der Waals surface area contributed by atoms with Gasteiger partial charge in [0.15, 0.2) is 5.75 Å². The minimum Gasteiger partial charge on any atom is -0.502 e. The summed E-state index contributed by atoms with van der Waals surface area (Å²) in [5.41, 5.74) is -0.490. The molecule has 0 aromatic carbocycles. The molecule has 1 unspecified atom stereocenters. The zero-order chi connectivity index (χ0) is 13.4. The van der Waals surface area contributed by atoms with Crippen molar-refractivity contribution in [2.45, 2.75) is 44.8 Å². The highest BCUT2D eigenvalue weighted by atomic mass is 32.2. The molecule has 18 heavy (non-hydrogen) atoms. The molecule has 0 saturated carbocycles. The van der Waals surface area contributed by atoms with Gasteiger partial charge in [-0.2, -0.15) is 0 Å². The van der Waals surface area contributed by atoms with Crippen LogP contribution in [-0.2, 0) is 16.6 Å². The van der Waals surface area contributed by atoms with Crippen LogP contribution >= 0.6 is 0 Å². The molecule has 1 N–H and O–H groups in total. The molecule has 0 bridgehead atoms. The predicted molar refractivity (Wildman–Crippen MR) is 72.1 cm³/mol. The van der Waals surface area contributed by atoms with E-state index in [-0.39, 0.29) is 5.75 Å². The zero-order valence-corrected chi connectivity index (χ0v) is 11.5. The Kier molecular flexibility index (Phi) is 6.72.